The number of benzene rings is 1. The van der Waals surface area contributed by atoms with Crippen LogP contribution in [0, 0.1) is 19.7 Å². The lowest BCUT2D eigenvalue weighted by Crippen LogP contribution is -2.03. The van der Waals surface area contributed by atoms with E-state index in [1.165, 1.54) is 6.07 Å². The van der Waals surface area contributed by atoms with Gasteiger partial charge in [-0.3, -0.25) is 0 Å². The Morgan fingerprint density at radius 1 is 1.38 bits per heavy atom. The van der Waals surface area contributed by atoms with Crippen molar-refractivity contribution in [2.24, 2.45) is 0 Å². The summed E-state index contributed by atoms with van der Waals surface area (Å²) in [5.41, 5.74) is 8.58. The average Bonchev–Trinajstić information content (AvgIpc) is 2.54. The molecule has 0 aliphatic heterocycles. The van der Waals surface area contributed by atoms with Crippen LogP contribution in [0.3, 0.4) is 0 Å². The number of nitrogen functional groups attached to an aromatic ring is 1. The molecule has 0 amide bonds. The first-order valence-electron chi connectivity index (χ1n) is 5.10. The van der Waals surface area contributed by atoms with Crippen LogP contribution in [0.4, 0.5) is 10.1 Å². The summed E-state index contributed by atoms with van der Waals surface area (Å²) in [5.74, 6) is -0.272. The van der Waals surface area contributed by atoms with Gasteiger partial charge in [0, 0.05) is 16.9 Å². The van der Waals surface area contributed by atoms with E-state index in [-0.39, 0.29) is 5.82 Å². The molecule has 84 valence electrons. The molecule has 2 N–H and O–H groups in total. The Labute approximate surface area is 93.7 Å². The van der Waals surface area contributed by atoms with Gasteiger partial charge in [0.05, 0.1) is 18.6 Å². The van der Waals surface area contributed by atoms with Crippen LogP contribution in [0.25, 0.3) is 0 Å². The maximum absolute atomic E-state index is 13.6. The standard InChI is InChI=1S/C12H14FN3/c1-8-9(2)16(7-15-8)6-10-3-4-11(14)5-12(10)13/h3-5,7H,6,14H2,1-2H3. The smallest absolute Gasteiger partial charge is 0.130 e. The van der Waals surface area contributed by atoms with Gasteiger partial charge >= 0.3 is 0 Å². The summed E-state index contributed by atoms with van der Waals surface area (Å²) in [6, 6.07) is 4.76. The number of anilines is 1. The normalized spacial score (nSPS) is 10.7. The Morgan fingerprint density at radius 2 is 2.12 bits per heavy atom. The molecule has 1 aromatic carbocycles. The van der Waals surface area contributed by atoms with Gasteiger partial charge < -0.3 is 10.3 Å². The fraction of sp³-hybridized carbons (Fsp3) is 0.250. The molecule has 0 saturated carbocycles. The molecule has 16 heavy (non-hydrogen) atoms. The highest BCUT2D eigenvalue weighted by atomic mass is 19.1. The number of halogens is 1. The second kappa shape index (κ2) is 3.96. The number of rotatable bonds is 2. The topological polar surface area (TPSA) is 43.8 Å². The fourth-order valence-corrected chi connectivity index (χ4v) is 1.58. The van der Waals surface area contributed by atoms with Gasteiger partial charge in [-0.2, -0.15) is 0 Å². The predicted molar refractivity (Wildman–Crippen MR) is 61.6 cm³/mol. The van der Waals surface area contributed by atoms with Gasteiger partial charge in [-0.05, 0) is 26.0 Å². The van der Waals surface area contributed by atoms with Crippen molar-refractivity contribution in [3.05, 3.63) is 47.3 Å². The zero-order chi connectivity index (χ0) is 11.7. The highest BCUT2D eigenvalue weighted by Crippen LogP contribution is 2.14. The number of nitrogens with zero attached hydrogens (tertiary/aromatic N) is 2. The van der Waals surface area contributed by atoms with Crippen LogP contribution in [0.1, 0.15) is 17.0 Å². The molecule has 0 radical (unpaired) electrons. The van der Waals surface area contributed by atoms with Gasteiger partial charge in [-0.25, -0.2) is 9.37 Å². The number of hydrogen-bond donors (Lipinski definition) is 1. The summed E-state index contributed by atoms with van der Waals surface area (Å²) in [6.07, 6.45) is 1.72. The highest BCUT2D eigenvalue weighted by molar-refractivity contribution is 5.40. The number of aromatic nitrogens is 2. The lowest BCUT2D eigenvalue weighted by molar-refractivity contribution is 0.598. The van der Waals surface area contributed by atoms with Crippen molar-refractivity contribution in [1.29, 1.82) is 0 Å². The molecule has 3 nitrogen and oxygen atoms in total. The van der Waals surface area contributed by atoms with Gasteiger partial charge in [-0.1, -0.05) is 6.07 Å². The average molecular weight is 219 g/mol. The molecular weight excluding hydrogens is 205 g/mol. The zero-order valence-corrected chi connectivity index (χ0v) is 9.37. The molecular formula is C12H14FN3. The first kappa shape index (κ1) is 10.7. The van der Waals surface area contributed by atoms with Crippen molar-refractivity contribution in [3.63, 3.8) is 0 Å². The molecule has 0 unspecified atom stereocenters. The summed E-state index contributed by atoms with van der Waals surface area (Å²) < 4.78 is 15.5. The number of nitrogens with two attached hydrogens (primary N) is 1. The second-order valence-electron chi connectivity index (χ2n) is 3.89. The summed E-state index contributed by atoms with van der Waals surface area (Å²) in [4.78, 5) is 4.18. The van der Waals surface area contributed by atoms with Crippen molar-refractivity contribution in [2.75, 3.05) is 5.73 Å². The first-order valence-corrected chi connectivity index (χ1v) is 5.10. The summed E-state index contributed by atoms with van der Waals surface area (Å²) >= 11 is 0. The summed E-state index contributed by atoms with van der Waals surface area (Å²) in [6.45, 7) is 4.39. The van der Waals surface area contributed by atoms with Crippen LogP contribution in [0.5, 0.6) is 0 Å². The Kier molecular flexibility index (Phi) is 2.64. The SMILES string of the molecule is Cc1ncn(Cc2ccc(N)cc2F)c1C. The molecule has 1 heterocycles. The maximum Gasteiger partial charge on any atom is 0.130 e. The molecule has 0 atom stereocenters. The highest BCUT2D eigenvalue weighted by Gasteiger charge is 2.06. The van der Waals surface area contributed by atoms with Crippen LogP contribution in [-0.4, -0.2) is 9.55 Å². The molecule has 2 aromatic rings. The van der Waals surface area contributed by atoms with Gasteiger partial charge in [-0.15, -0.1) is 0 Å². The number of aryl methyl sites for hydroxylation is 1. The van der Waals surface area contributed by atoms with E-state index in [4.69, 9.17) is 5.73 Å². The molecule has 2 rings (SSSR count). The van der Waals surface area contributed by atoms with E-state index in [1.807, 2.05) is 18.4 Å². The molecule has 0 aliphatic rings. The quantitative estimate of drug-likeness (QED) is 0.787. The van der Waals surface area contributed by atoms with Crippen LogP contribution < -0.4 is 5.73 Å². The summed E-state index contributed by atoms with van der Waals surface area (Å²) in [7, 11) is 0. The van der Waals surface area contributed by atoms with E-state index in [2.05, 4.69) is 4.98 Å². The van der Waals surface area contributed by atoms with Crippen molar-refractivity contribution in [1.82, 2.24) is 9.55 Å². The van der Waals surface area contributed by atoms with Crippen molar-refractivity contribution >= 4 is 5.69 Å². The van der Waals surface area contributed by atoms with E-state index in [9.17, 15) is 4.39 Å². The van der Waals surface area contributed by atoms with E-state index >= 15 is 0 Å². The Bertz CT molecular complexity index is 517. The van der Waals surface area contributed by atoms with Crippen molar-refractivity contribution in [2.45, 2.75) is 20.4 Å². The minimum atomic E-state index is -0.272. The largest absolute Gasteiger partial charge is 0.399 e. The molecule has 0 fully saturated rings. The summed E-state index contributed by atoms with van der Waals surface area (Å²) in [5, 5.41) is 0. The van der Waals surface area contributed by atoms with E-state index in [0.717, 1.165) is 11.4 Å². The van der Waals surface area contributed by atoms with E-state index < -0.39 is 0 Å². The van der Waals surface area contributed by atoms with Gasteiger partial charge in [0.15, 0.2) is 0 Å². The Hall–Kier alpha value is -1.84. The van der Waals surface area contributed by atoms with Crippen molar-refractivity contribution < 1.29 is 4.39 Å². The lowest BCUT2D eigenvalue weighted by atomic mass is 10.2. The number of imidazole rings is 1. The van der Waals surface area contributed by atoms with E-state index in [0.29, 0.717) is 17.8 Å². The minimum absolute atomic E-state index is 0.272. The van der Waals surface area contributed by atoms with Gasteiger partial charge in [0.2, 0.25) is 0 Å². The van der Waals surface area contributed by atoms with E-state index in [1.54, 1.807) is 18.5 Å². The molecule has 0 bridgehead atoms. The molecule has 0 spiro atoms. The van der Waals surface area contributed by atoms with Crippen LogP contribution >= 0.6 is 0 Å². The maximum atomic E-state index is 13.6. The third-order valence-electron chi connectivity index (χ3n) is 2.76. The van der Waals surface area contributed by atoms with Crippen LogP contribution in [0.2, 0.25) is 0 Å². The molecule has 4 heteroatoms. The zero-order valence-electron chi connectivity index (χ0n) is 9.37. The third-order valence-corrected chi connectivity index (χ3v) is 2.76. The Balaban J connectivity index is 2.30. The van der Waals surface area contributed by atoms with Crippen LogP contribution in [-0.2, 0) is 6.54 Å². The molecule has 1 aromatic heterocycles. The monoisotopic (exact) mass is 219 g/mol. The van der Waals surface area contributed by atoms with Gasteiger partial charge in [0.25, 0.3) is 0 Å². The van der Waals surface area contributed by atoms with Crippen molar-refractivity contribution in [3.8, 4) is 0 Å². The third kappa shape index (κ3) is 1.91. The van der Waals surface area contributed by atoms with Gasteiger partial charge in [0.1, 0.15) is 5.82 Å². The predicted octanol–water partition coefficient (Wildman–Crippen LogP) is 2.27. The number of hydrogen-bond acceptors (Lipinski definition) is 2. The first-order chi connectivity index (χ1) is 7.58. The lowest BCUT2D eigenvalue weighted by Gasteiger charge is -2.07. The Morgan fingerprint density at radius 3 is 2.69 bits per heavy atom. The fourth-order valence-electron chi connectivity index (χ4n) is 1.58. The second-order valence-corrected chi connectivity index (χ2v) is 3.89. The van der Waals surface area contributed by atoms with Crippen LogP contribution in [0.15, 0.2) is 24.5 Å². The minimum Gasteiger partial charge on any atom is -0.399 e. The molecule has 0 saturated heterocycles. The molecule has 0 aliphatic carbocycles.